The zero-order chi connectivity index (χ0) is 14.4. The summed E-state index contributed by atoms with van der Waals surface area (Å²) in [5, 5.41) is 11.6. The van der Waals surface area contributed by atoms with Crippen LogP contribution in [-0.4, -0.2) is 41.3 Å². The number of carboxylic acid groups (broad SMARTS) is 1. The highest BCUT2D eigenvalue weighted by atomic mass is 16.5. The Labute approximate surface area is 117 Å². The zero-order valence-electron chi connectivity index (χ0n) is 11.1. The summed E-state index contributed by atoms with van der Waals surface area (Å²) >= 11 is 0. The van der Waals surface area contributed by atoms with Gasteiger partial charge in [0.1, 0.15) is 6.61 Å². The Hall–Kier alpha value is -2.24. The molecule has 2 amide bonds. The van der Waals surface area contributed by atoms with E-state index in [1.807, 2.05) is 30.3 Å². The van der Waals surface area contributed by atoms with Gasteiger partial charge in [-0.05, 0) is 18.4 Å². The molecule has 0 bridgehead atoms. The minimum Gasteiger partial charge on any atom is -0.465 e. The highest BCUT2D eigenvalue weighted by Gasteiger charge is 2.28. The summed E-state index contributed by atoms with van der Waals surface area (Å²) < 4.78 is 5.07. The molecule has 0 saturated carbocycles. The monoisotopic (exact) mass is 278 g/mol. The molecule has 2 N–H and O–H groups in total. The number of carbonyl (C=O) groups is 2. The molecule has 108 valence electrons. The van der Waals surface area contributed by atoms with Crippen LogP contribution in [0.25, 0.3) is 0 Å². The largest absolute Gasteiger partial charge is 0.465 e. The number of amides is 2. The fraction of sp³-hybridized carbons (Fsp3) is 0.429. The molecule has 6 heteroatoms. The third-order valence-corrected chi connectivity index (χ3v) is 3.32. The molecule has 1 fully saturated rings. The number of carbonyl (C=O) groups excluding carboxylic acids is 1. The molecule has 0 spiro atoms. The van der Waals surface area contributed by atoms with Gasteiger partial charge in [-0.1, -0.05) is 30.3 Å². The maximum atomic E-state index is 11.6. The predicted molar refractivity (Wildman–Crippen MR) is 72.4 cm³/mol. The Morgan fingerprint density at radius 2 is 2.10 bits per heavy atom. The molecule has 6 nitrogen and oxygen atoms in total. The lowest BCUT2D eigenvalue weighted by molar-refractivity contribution is 0.127. The van der Waals surface area contributed by atoms with Crippen molar-refractivity contribution in [2.45, 2.75) is 25.5 Å². The Balaban J connectivity index is 1.71. The second kappa shape index (κ2) is 6.79. The normalized spacial score (nSPS) is 17.8. The summed E-state index contributed by atoms with van der Waals surface area (Å²) in [6, 6.07) is 9.23. The van der Waals surface area contributed by atoms with E-state index in [1.54, 1.807) is 0 Å². The molecule has 1 atom stereocenters. The van der Waals surface area contributed by atoms with Crippen LogP contribution in [0.2, 0.25) is 0 Å². The minimum atomic E-state index is -0.938. The molecular weight excluding hydrogens is 260 g/mol. The summed E-state index contributed by atoms with van der Waals surface area (Å²) in [4.78, 5) is 23.9. The van der Waals surface area contributed by atoms with Gasteiger partial charge in [0.15, 0.2) is 0 Å². The average molecular weight is 278 g/mol. The highest BCUT2D eigenvalue weighted by molar-refractivity contribution is 5.68. The number of hydrogen-bond acceptors (Lipinski definition) is 3. The van der Waals surface area contributed by atoms with Crippen LogP contribution in [0.4, 0.5) is 9.59 Å². The van der Waals surface area contributed by atoms with Gasteiger partial charge in [-0.15, -0.1) is 0 Å². The SMILES string of the molecule is O=C(NC[C@@H]1CCCN1C(=O)O)OCc1ccccc1. The summed E-state index contributed by atoms with van der Waals surface area (Å²) in [7, 11) is 0. The number of rotatable bonds is 4. The van der Waals surface area contributed by atoms with Crippen LogP contribution in [0.3, 0.4) is 0 Å². The van der Waals surface area contributed by atoms with Gasteiger partial charge >= 0.3 is 12.2 Å². The molecule has 1 aliphatic rings. The quantitative estimate of drug-likeness (QED) is 0.883. The fourth-order valence-corrected chi connectivity index (χ4v) is 2.28. The topological polar surface area (TPSA) is 78.9 Å². The summed E-state index contributed by atoms with van der Waals surface area (Å²) in [5.41, 5.74) is 0.913. The maximum Gasteiger partial charge on any atom is 0.407 e. The number of likely N-dealkylation sites (tertiary alicyclic amines) is 1. The van der Waals surface area contributed by atoms with Gasteiger partial charge in [-0.3, -0.25) is 0 Å². The van der Waals surface area contributed by atoms with Crippen LogP contribution in [0, 0.1) is 0 Å². The van der Waals surface area contributed by atoms with E-state index in [0.717, 1.165) is 18.4 Å². The van der Waals surface area contributed by atoms with Gasteiger partial charge in [0.2, 0.25) is 0 Å². The first-order chi connectivity index (χ1) is 9.66. The lowest BCUT2D eigenvalue weighted by atomic mass is 10.2. The molecule has 1 saturated heterocycles. The molecule has 0 radical (unpaired) electrons. The Bertz CT molecular complexity index is 464. The molecule has 0 aromatic heterocycles. The third kappa shape index (κ3) is 3.88. The predicted octanol–water partition coefficient (Wildman–Crippen LogP) is 2.06. The van der Waals surface area contributed by atoms with Crippen molar-refractivity contribution in [1.82, 2.24) is 10.2 Å². The first-order valence-corrected chi connectivity index (χ1v) is 6.61. The summed E-state index contributed by atoms with van der Waals surface area (Å²) in [6.07, 6.45) is 0.140. The lowest BCUT2D eigenvalue weighted by Crippen LogP contribution is -2.42. The van der Waals surface area contributed by atoms with Crippen LogP contribution in [0.15, 0.2) is 30.3 Å². The molecule has 1 aromatic rings. The molecule has 1 aliphatic heterocycles. The molecule has 0 unspecified atom stereocenters. The molecule has 1 heterocycles. The van der Waals surface area contributed by atoms with E-state index in [2.05, 4.69) is 5.32 Å². The van der Waals surface area contributed by atoms with Crippen LogP contribution < -0.4 is 5.32 Å². The van der Waals surface area contributed by atoms with E-state index in [9.17, 15) is 9.59 Å². The van der Waals surface area contributed by atoms with Crippen molar-refractivity contribution in [2.75, 3.05) is 13.1 Å². The Morgan fingerprint density at radius 1 is 1.35 bits per heavy atom. The maximum absolute atomic E-state index is 11.6. The highest BCUT2D eigenvalue weighted by Crippen LogP contribution is 2.16. The lowest BCUT2D eigenvalue weighted by Gasteiger charge is -2.21. The van der Waals surface area contributed by atoms with Gasteiger partial charge < -0.3 is 20.1 Å². The van der Waals surface area contributed by atoms with Crippen LogP contribution in [0.5, 0.6) is 0 Å². The van der Waals surface area contributed by atoms with E-state index in [4.69, 9.17) is 9.84 Å². The van der Waals surface area contributed by atoms with Crippen molar-refractivity contribution in [2.24, 2.45) is 0 Å². The smallest absolute Gasteiger partial charge is 0.407 e. The van der Waals surface area contributed by atoms with Crippen molar-refractivity contribution in [3.05, 3.63) is 35.9 Å². The average Bonchev–Trinajstić information content (AvgIpc) is 2.92. The van der Waals surface area contributed by atoms with Crippen molar-refractivity contribution in [1.29, 1.82) is 0 Å². The van der Waals surface area contributed by atoms with Gasteiger partial charge in [0, 0.05) is 13.1 Å². The molecule has 20 heavy (non-hydrogen) atoms. The first-order valence-electron chi connectivity index (χ1n) is 6.61. The Morgan fingerprint density at radius 3 is 2.80 bits per heavy atom. The fourth-order valence-electron chi connectivity index (χ4n) is 2.28. The molecule has 0 aliphatic carbocycles. The van der Waals surface area contributed by atoms with Gasteiger partial charge in [0.05, 0.1) is 6.04 Å². The Kier molecular flexibility index (Phi) is 4.81. The second-order valence-electron chi connectivity index (χ2n) is 4.71. The zero-order valence-corrected chi connectivity index (χ0v) is 11.1. The van der Waals surface area contributed by atoms with Gasteiger partial charge in [0.25, 0.3) is 0 Å². The molecule has 2 rings (SSSR count). The van der Waals surface area contributed by atoms with Crippen LogP contribution >= 0.6 is 0 Å². The van der Waals surface area contributed by atoms with Gasteiger partial charge in [-0.25, -0.2) is 9.59 Å². The molecular formula is C14H18N2O4. The van der Waals surface area contributed by atoms with Gasteiger partial charge in [-0.2, -0.15) is 0 Å². The van der Waals surface area contributed by atoms with Crippen LogP contribution in [0.1, 0.15) is 18.4 Å². The number of alkyl carbamates (subject to hydrolysis) is 1. The van der Waals surface area contributed by atoms with E-state index >= 15 is 0 Å². The van der Waals surface area contributed by atoms with E-state index in [1.165, 1.54) is 4.90 Å². The first kappa shape index (κ1) is 14.2. The standard InChI is InChI=1S/C14H18N2O4/c17-13(20-10-11-5-2-1-3-6-11)15-9-12-7-4-8-16(12)14(18)19/h1-3,5-6,12H,4,7-10H2,(H,15,17)(H,18,19)/t12-/m0/s1. The summed E-state index contributed by atoms with van der Waals surface area (Å²) in [6.45, 7) is 1.03. The van der Waals surface area contributed by atoms with Crippen molar-refractivity contribution < 1.29 is 19.4 Å². The third-order valence-electron chi connectivity index (χ3n) is 3.32. The number of ether oxygens (including phenoxy) is 1. The summed E-state index contributed by atoms with van der Waals surface area (Å²) in [5.74, 6) is 0. The number of hydrogen-bond donors (Lipinski definition) is 2. The van der Waals surface area contributed by atoms with Crippen molar-refractivity contribution >= 4 is 12.2 Å². The van der Waals surface area contributed by atoms with E-state index < -0.39 is 12.2 Å². The van der Waals surface area contributed by atoms with Crippen LogP contribution in [-0.2, 0) is 11.3 Å². The number of nitrogens with zero attached hydrogens (tertiary/aromatic N) is 1. The number of benzene rings is 1. The van der Waals surface area contributed by atoms with E-state index in [0.29, 0.717) is 13.1 Å². The number of nitrogens with one attached hydrogen (secondary N) is 1. The minimum absolute atomic E-state index is 0.156. The second-order valence-corrected chi connectivity index (χ2v) is 4.71. The molecule has 1 aromatic carbocycles. The van der Waals surface area contributed by atoms with E-state index in [-0.39, 0.29) is 12.6 Å². The van der Waals surface area contributed by atoms with Crippen molar-refractivity contribution in [3.63, 3.8) is 0 Å². The van der Waals surface area contributed by atoms with Crippen molar-refractivity contribution in [3.8, 4) is 0 Å².